The number of fused-ring (bicyclic) bond motifs is 1. The summed E-state index contributed by atoms with van der Waals surface area (Å²) >= 11 is 0. The molecule has 114 valence electrons. The van der Waals surface area contributed by atoms with Crippen molar-refractivity contribution in [2.24, 2.45) is 0 Å². The van der Waals surface area contributed by atoms with E-state index in [4.69, 9.17) is 0 Å². The Morgan fingerprint density at radius 1 is 1.13 bits per heavy atom. The van der Waals surface area contributed by atoms with Crippen molar-refractivity contribution in [2.75, 3.05) is 7.05 Å². The van der Waals surface area contributed by atoms with Crippen LogP contribution in [0.5, 0.6) is 0 Å². The van der Waals surface area contributed by atoms with Gasteiger partial charge in [-0.05, 0) is 28.5 Å². The van der Waals surface area contributed by atoms with Crippen molar-refractivity contribution in [1.29, 1.82) is 0 Å². The normalized spacial score (nSPS) is 11.0. The molecule has 2 aromatic carbocycles. The van der Waals surface area contributed by atoms with E-state index in [0.717, 1.165) is 10.9 Å². The lowest BCUT2D eigenvalue weighted by Crippen LogP contribution is -2.27. The maximum atomic E-state index is 11.8. The van der Waals surface area contributed by atoms with Gasteiger partial charge in [0.15, 0.2) is 0 Å². The largest absolute Gasteiger partial charge is 0.355 e. The summed E-state index contributed by atoms with van der Waals surface area (Å²) in [4.78, 5) is 30.0. The molecule has 2 N–H and O–H groups in total. The zero-order valence-corrected chi connectivity index (χ0v) is 12.5. The molecule has 1 aromatic heterocycles. The Balaban J connectivity index is 1.88. The van der Waals surface area contributed by atoms with E-state index < -0.39 is 11.5 Å². The molecule has 0 atom stereocenters. The number of amides is 1. The highest BCUT2D eigenvalue weighted by Crippen LogP contribution is 2.16. The number of carbonyl (C=O) groups excluding carboxylic acids is 1. The molecule has 0 bridgehead atoms. The van der Waals surface area contributed by atoms with E-state index in [1.54, 1.807) is 6.08 Å². The van der Waals surface area contributed by atoms with E-state index >= 15 is 0 Å². The van der Waals surface area contributed by atoms with Crippen LogP contribution in [0.4, 0.5) is 0 Å². The summed E-state index contributed by atoms with van der Waals surface area (Å²) in [7, 11) is 1.47. The molecule has 1 heterocycles. The van der Waals surface area contributed by atoms with E-state index in [1.165, 1.54) is 18.6 Å². The van der Waals surface area contributed by atoms with Crippen molar-refractivity contribution in [3.8, 4) is 0 Å². The molecule has 0 aliphatic carbocycles. The van der Waals surface area contributed by atoms with Gasteiger partial charge < -0.3 is 10.3 Å². The fourth-order valence-corrected chi connectivity index (χ4v) is 2.28. The maximum absolute atomic E-state index is 11.8. The van der Waals surface area contributed by atoms with Gasteiger partial charge >= 0.3 is 0 Å². The number of hydrogen-bond acceptors (Lipinski definition) is 3. The lowest BCUT2D eigenvalue weighted by molar-refractivity contribution is 0.0961. The first-order valence-electron chi connectivity index (χ1n) is 7.15. The number of nitrogens with zero attached hydrogens (tertiary/aromatic N) is 1. The van der Waals surface area contributed by atoms with Gasteiger partial charge in [-0.25, -0.2) is 4.98 Å². The molecule has 0 unspecified atom stereocenters. The molecule has 0 aliphatic rings. The standard InChI is InChI=1S/C18H15N3O2/c1-19-17(22)15-11-20-16(21-18(15)23)9-7-12-6-8-13-4-2-3-5-14(13)10-12/h2-11H,1H3,(H,19,22)(H,20,21,23)/b9-7-. The molecule has 5 nitrogen and oxygen atoms in total. The molecule has 23 heavy (non-hydrogen) atoms. The lowest BCUT2D eigenvalue weighted by atomic mass is 10.1. The van der Waals surface area contributed by atoms with Gasteiger partial charge in [0.05, 0.1) is 0 Å². The first-order chi connectivity index (χ1) is 11.2. The molecule has 3 rings (SSSR count). The highest BCUT2D eigenvalue weighted by atomic mass is 16.2. The van der Waals surface area contributed by atoms with E-state index in [9.17, 15) is 9.59 Å². The van der Waals surface area contributed by atoms with Crippen LogP contribution in [0.2, 0.25) is 0 Å². The van der Waals surface area contributed by atoms with E-state index in [1.807, 2.05) is 36.4 Å². The highest BCUT2D eigenvalue weighted by Gasteiger charge is 2.08. The van der Waals surface area contributed by atoms with Gasteiger partial charge in [0, 0.05) is 13.2 Å². The van der Waals surface area contributed by atoms with Crippen LogP contribution in [-0.2, 0) is 0 Å². The van der Waals surface area contributed by atoms with Crippen LogP contribution in [0, 0.1) is 0 Å². The Morgan fingerprint density at radius 3 is 2.65 bits per heavy atom. The summed E-state index contributed by atoms with van der Waals surface area (Å²) in [6.07, 6.45) is 4.85. The summed E-state index contributed by atoms with van der Waals surface area (Å²) < 4.78 is 0. The number of carbonyl (C=O) groups is 1. The third kappa shape index (κ3) is 3.18. The Labute approximate surface area is 132 Å². The number of nitrogens with one attached hydrogen (secondary N) is 2. The Morgan fingerprint density at radius 2 is 1.91 bits per heavy atom. The average molecular weight is 305 g/mol. The molecule has 1 amide bonds. The average Bonchev–Trinajstić information content (AvgIpc) is 2.59. The predicted octanol–water partition coefficient (Wildman–Crippen LogP) is 2.45. The first-order valence-corrected chi connectivity index (χ1v) is 7.15. The van der Waals surface area contributed by atoms with Crippen LogP contribution in [-0.4, -0.2) is 22.9 Å². The maximum Gasteiger partial charge on any atom is 0.263 e. The SMILES string of the molecule is CNC(=O)c1cnc(/C=C\c2ccc3ccccc3c2)[nH]c1=O. The minimum Gasteiger partial charge on any atom is -0.355 e. The fraction of sp³-hybridized carbons (Fsp3) is 0.0556. The molecule has 0 radical (unpaired) electrons. The van der Waals surface area contributed by atoms with E-state index in [0.29, 0.717) is 5.82 Å². The van der Waals surface area contributed by atoms with Crippen LogP contribution in [0.1, 0.15) is 21.7 Å². The predicted molar refractivity (Wildman–Crippen MR) is 91.1 cm³/mol. The van der Waals surface area contributed by atoms with Gasteiger partial charge in [-0.15, -0.1) is 0 Å². The molecule has 3 aromatic rings. The molecule has 0 aliphatic heterocycles. The van der Waals surface area contributed by atoms with Gasteiger partial charge in [-0.3, -0.25) is 9.59 Å². The summed E-state index contributed by atoms with van der Waals surface area (Å²) in [5.41, 5.74) is 0.537. The van der Waals surface area contributed by atoms with Gasteiger partial charge in [0.2, 0.25) is 0 Å². The monoisotopic (exact) mass is 305 g/mol. The van der Waals surface area contributed by atoms with Gasteiger partial charge in [0.1, 0.15) is 11.4 Å². The first kappa shape index (κ1) is 14.7. The van der Waals surface area contributed by atoms with Crippen molar-refractivity contribution in [2.45, 2.75) is 0 Å². The van der Waals surface area contributed by atoms with Gasteiger partial charge in [-0.2, -0.15) is 0 Å². The van der Waals surface area contributed by atoms with Crippen LogP contribution in [0.3, 0.4) is 0 Å². The second kappa shape index (κ2) is 6.27. The lowest BCUT2D eigenvalue weighted by Gasteiger charge is -2.00. The van der Waals surface area contributed by atoms with Gasteiger partial charge in [0.25, 0.3) is 11.5 Å². The summed E-state index contributed by atoms with van der Waals surface area (Å²) in [6.45, 7) is 0. The quantitative estimate of drug-likeness (QED) is 0.780. The summed E-state index contributed by atoms with van der Waals surface area (Å²) in [5.74, 6) is -0.0559. The number of aromatic nitrogens is 2. The highest BCUT2D eigenvalue weighted by molar-refractivity contribution is 5.93. The van der Waals surface area contributed by atoms with Crippen molar-refractivity contribution in [1.82, 2.24) is 15.3 Å². The molecule has 0 spiro atoms. The fourth-order valence-electron chi connectivity index (χ4n) is 2.28. The third-order valence-corrected chi connectivity index (χ3v) is 3.50. The van der Waals surface area contributed by atoms with Crippen molar-refractivity contribution in [3.63, 3.8) is 0 Å². The Hall–Kier alpha value is -3.21. The van der Waals surface area contributed by atoms with Gasteiger partial charge in [-0.1, -0.05) is 42.5 Å². The van der Waals surface area contributed by atoms with Crippen LogP contribution in [0.15, 0.2) is 53.5 Å². The van der Waals surface area contributed by atoms with E-state index in [-0.39, 0.29) is 5.56 Å². The van der Waals surface area contributed by atoms with Crippen molar-refractivity contribution in [3.05, 3.63) is 76.0 Å². The summed E-state index contributed by atoms with van der Waals surface area (Å²) in [6, 6.07) is 14.2. The zero-order chi connectivity index (χ0) is 16.2. The second-order valence-electron chi connectivity index (χ2n) is 5.03. The number of rotatable bonds is 3. The smallest absolute Gasteiger partial charge is 0.263 e. The molecule has 0 saturated heterocycles. The zero-order valence-electron chi connectivity index (χ0n) is 12.5. The van der Waals surface area contributed by atoms with Crippen molar-refractivity contribution < 1.29 is 4.79 Å². The van der Waals surface area contributed by atoms with Crippen molar-refractivity contribution >= 4 is 28.8 Å². The van der Waals surface area contributed by atoms with Crippen LogP contribution in [0.25, 0.3) is 22.9 Å². The Kier molecular flexibility index (Phi) is 4.01. The minimum atomic E-state index is -0.461. The number of benzene rings is 2. The number of hydrogen-bond donors (Lipinski definition) is 2. The number of aromatic amines is 1. The molecule has 0 fully saturated rings. The van der Waals surface area contributed by atoms with E-state index in [2.05, 4.69) is 27.4 Å². The van der Waals surface area contributed by atoms with Crippen LogP contribution >= 0.6 is 0 Å². The summed E-state index contributed by atoms with van der Waals surface area (Å²) in [5, 5.41) is 4.72. The molecular weight excluding hydrogens is 290 g/mol. The van der Waals surface area contributed by atoms with Crippen LogP contribution < -0.4 is 10.9 Å². The second-order valence-corrected chi connectivity index (χ2v) is 5.03. The number of H-pyrrole nitrogens is 1. The minimum absolute atomic E-state index is 0.00430. The Bertz CT molecular complexity index is 958. The topological polar surface area (TPSA) is 74.8 Å². The third-order valence-electron chi connectivity index (χ3n) is 3.50. The molecular formula is C18H15N3O2. The molecule has 0 saturated carbocycles. The molecule has 5 heteroatoms.